The number of hydrogen-bond donors (Lipinski definition) is 1. The first kappa shape index (κ1) is 16.8. The zero-order valence-corrected chi connectivity index (χ0v) is 13.5. The van der Waals surface area contributed by atoms with E-state index < -0.39 is 18.5 Å². The number of nitrogens with zero attached hydrogens (tertiary/aromatic N) is 1. The summed E-state index contributed by atoms with van der Waals surface area (Å²) in [6.45, 7) is 0.906. The van der Waals surface area contributed by atoms with Gasteiger partial charge in [-0.25, -0.2) is 4.79 Å². The Kier molecular flexibility index (Phi) is 5.17. The molecule has 2 amide bonds. The third-order valence-corrected chi connectivity index (χ3v) is 3.72. The fourth-order valence-electron chi connectivity index (χ4n) is 2.52. The van der Waals surface area contributed by atoms with Crippen molar-refractivity contribution in [3.63, 3.8) is 0 Å². The zero-order valence-electron chi connectivity index (χ0n) is 13.5. The second kappa shape index (κ2) is 7.69. The highest BCUT2D eigenvalue weighted by Crippen LogP contribution is 2.23. The first-order valence-corrected chi connectivity index (χ1v) is 7.95. The van der Waals surface area contributed by atoms with Gasteiger partial charge in [-0.3, -0.25) is 9.59 Å². The van der Waals surface area contributed by atoms with E-state index in [0.717, 1.165) is 12.1 Å². The molecular formula is C17H18N2O6. The zero-order chi connectivity index (χ0) is 17.6. The molecule has 1 aromatic rings. The van der Waals surface area contributed by atoms with Crippen LogP contribution in [0.3, 0.4) is 0 Å². The lowest BCUT2D eigenvalue weighted by atomic mass is 10.2. The summed E-state index contributed by atoms with van der Waals surface area (Å²) in [5.41, 5.74) is 1.35. The van der Waals surface area contributed by atoms with Gasteiger partial charge in [-0.2, -0.15) is 0 Å². The molecule has 3 rings (SSSR count). The van der Waals surface area contributed by atoms with Crippen LogP contribution in [0.2, 0.25) is 0 Å². The normalized spacial score (nSPS) is 16.6. The van der Waals surface area contributed by atoms with Crippen LogP contribution in [0.5, 0.6) is 0 Å². The van der Waals surface area contributed by atoms with Crippen molar-refractivity contribution in [2.45, 2.75) is 12.8 Å². The summed E-state index contributed by atoms with van der Waals surface area (Å²) in [4.78, 5) is 36.9. The fourth-order valence-corrected chi connectivity index (χ4v) is 2.52. The monoisotopic (exact) mass is 346 g/mol. The maximum Gasteiger partial charge on any atom is 0.377 e. The summed E-state index contributed by atoms with van der Waals surface area (Å²) in [5, 5.41) is 2.62. The summed E-state index contributed by atoms with van der Waals surface area (Å²) in [7, 11) is 0. The maximum absolute atomic E-state index is 11.8. The third kappa shape index (κ3) is 4.28. The van der Waals surface area contributed by atoms with Crippen molar-refractivity contribution < 1.29 is 28.6 Å². The minimum atomic E-state index is -0.752. The van der Waals surface area contributed by atoms with Crippen molar-refractivity contribution >= 4 is 29.2 Å². The number of ether oxygens (including phenoxy) is 3. The molecule has 0 saturated carbocycles. The Morgan fingerprint density at radius 2 is 2.00 bits per heavy atom. The van der Waals surface area contributed by atoms with Gasteiger partial charge in [0.05, 0.1) is 0 Å². The molecule has 2 heterocycles. The molecule has 2 aliphatic heterocycles. The number of esters is 1. The van der Waals surface area contributed by atoms with Gasteiger partial charge >= 0.3 is 5.97 Å². The Morgan fingerprint density at radius 3 is 2.64 bits per heavy atom. The molecule has 2 aliphatic rings. The molecule has 25 heavy (non-hydrogen) atoms. The number of rotatable bonds is 5. The first-order valence-electron chi connectivity index (χ1n) is 7.95. The first-order chi connectivity index (χ1) is 12.1. The maximum atomic E-state index is 11.8. The van der Waals surface area contributed by atoms with Gasteiger partial charge in [-0.05, 0) is 30.7 Å². The predicted octanol–water partition coefficient (Wildman–Crippen LogP) is 1.18. The molecule has 0 spiro atoms. The van der Waals surface area contributed by atoms with Gasteiger partial charge in [0.15, 0.2) is 6.61 Å². The van der Waals surface area contributed by atoms with E-state index in [4.69, 9.17) is 14.2 Å². The highest BCUT2D eigenvalue weighted by molar-refractivity contribution is 5.97. The largest absolute Gasteiger partial charge is 0.493 e. The van der Waals surface area contributed by atoms with Crippen LogP contribution in [0.4, 0.5) is 11.4 Å². The molecule has 1 saturated heterocycles. The van der Waals surface area contributed by atoms with E-state index in [1.165, 1.54) is 6.26 Å². The third-order valence-electron chi connectivity index (χ3n) is 3.72. The Labute approximate surface area is 144 Å². The van der Waals surface area contributed by atoms with Gasteiger partial charge < -0.3 is 24.4 Å². The molecule has 0 aromatic heterocycles. The second-order valence-electron chi connectivity index (χ2n) is 5.52. The number of carbonyl (C=O) groups is 3. The van der Waals surface area contributed by atoms with Gasteiger partial charge in [-0.15, -0.1) is 0 Å². The summed E-state index contributed by atoms with van der Waals surface area (Å²) in [6.07, 6.45) is 2.59. The standard InChI is InChI=1S/C17H18N2O6/c20-15(11-25-17(22)14-10-23-8-9-24-14)18-12-3-5-13(6-4-12)19-7-1-2-16(19)21/h3-6,10H,1-2,7-9,11H2,(H,18,20). The van der Waals surface area contributed by atoms with Crippen LogP contribution in [0, 0.1) is 0 Å². The molecule has 0 radical (unpaired) electrons. The summed E-state index contributed by atoms with van der Waals surface area (Å²) in [6, 6.07) is 6.92. The van der Waals surface area contributed by atoms with E-state index in [1.54, 1.807) is 29.2 Å². The highest BCUT2D eigenvalue weighted by atomic mass is 16.6. The second-order valence-corrected chi connectivity index (χ2v) is 5.52. The molecule has 1 fully saturated rings. The Morgan fingerprint density at radius 1 is 1.20 bits per heavy atom. The molecule has 8 nitrogen and oxygen atoms in total. The summed E-state index contributed by atoms with van der Waals surface area (Å²) < 4.78 is 14.9. The number of benzene rings is 1. The minimum Gasteiger partial charge on any atom is -0.493 e. The van der Waals surface area contributed by atoms with Crippen LogP contribution in [0.1, 0.15) is 12.8 Å². The van der Waals surface area contributed by atoms with Crippen molar-refractivity contribution in [3.8, 4) is 0 Å². The van der Waals surface area contributed by atoms with Crippen molar-refractivity contribution in [2.75, 3.05) is 36.6 Å². The van der Waals surface area contributed by atoms with E-state index in [1.807, 2.05) is 0 Å². The summed E-state index contributed by atoms with van der Waals surface area (Å²) in [5.74, 6) is -1.18. The number of amides is 2. The molecule has 8 heteroatoms. The van der Waals surface area contributed by atoms with Crippen molar-refractivity contribution in [3.05, 3.63) is 36.3 Å². The molecule has 0 unspecified atom stereocenters. The lowest BCUT2D eigenvalue weighted by Gasteiger charge is -2.16. The van der Waals surface area contributed by atoms with Gasteiger partial charge in [-0.1, -0.05) is 0 Å². The highest BCUT2D eigenvalue weighted by Gasteiger charge is 2.21. The van der Waals surface area contributed by atoms with Crippen LogP contribution >= 0.6 is 0 Å². The van der Waals surface area contributed by atoms with Gasteiger partial charge in [0, 0.05) is 24.3 Å². The molecule has 1 N–H and O–H groups in total. The van der Waals surface area contributed by atoms with Crippen molar-refractivity contribution in [2.24, 2.45) is 0 Å². The van der Waals surface area contributed by atoms with Crippen LogP contribution in [0.25, 0.3) is 0 Å². The predicted molar refractivity (Wildman–Crippen MR) is 87.6 cm³/mol. The van der Waals surface area contributed by atoms with Crippen LogP contribution in [-0.2, 0) is 28.6 Å². The topological polar surface area (TPSA) is 94.2 Å². The molecule has 1 aromatic carbocycles. The van der Waals surface area contributed by atoms with Gasteiger partial charge in [0.2, 0.25) is 11.7 Å². The van der Waals surface area contributed by atoms with E-state index in [-0.39, 0.29) is 18.3 Å². The van der Waals surface area contributed by atoms with E-state index >= 15 is 0 Å². The lowest BCUT2D eigenvalue weighted by Crippen LogP contribution is -2.24. The van der Waals surface area contributed by atoms with E-state index in [0.29, 0.717) is 25.3 Å². The minimum absolute atomic E-state index is 0.0568. The quantitative estimate of drug-likeness (QED) is 0.805. The number of nitrogens with one attached hydrogen (secondary N) is 1. The van der Waals surface area contributed by atoms with Gasteiger partial charge in [0.25, 0.3) is 5.91 Å². The number of anilines is 2. The van der Waals surface area contributed by atoms with Crippen LogP contribution in [-0.4, -0.2) is 44.1 Å². The number of carbonyl (C=O) groups excluding carboxylic acids is 3. The van der Waals surface area contributed by atoms with Crippen LogP contribution in [0.15, 0.2) is 36.3 Å². The lowest BCUT2D eigenvalue weighted by molar-refractivity contribution is -0.148. The Hall–Kier alpha value is -3.03. The Bertz CT molecular complexity index is 698. The van der Waals surface area contributed by atoms with Gasteiger partial charge in [0.1, 0.15) is 19.5 Å². The van der Waals surface area contributed by atoms with E-state index in [9.17, 15) is 14.4 Å². The molecule has 0 bridgehead atoms. The van der Waals surface area contributed by atoms with Crippen molar-refractivity contribution in [1.29, 1.82) is 0 Å². The average molecular weight is 346 g/mol. The van der Waals surface area contributed by atoms with Crippen molar-refractivity contribution in [1.82, 2.24) is 0 Å². The SMILES string of the molecule is O=C(COC(=O)C1=COCCO1)Nc1ccc(N2CCCC2=O)cc1. The molecule has 0 aliphatic carbocycles. The molecule has 132 valence electrons. The smallest absolute Gasteiger partial charge is 0.377 e. The average Bonchev–Trinajstić information content (AvgIpc) is 3.07. The summed E-state index contributed by atoms with van der Waals surface area (Å²) >= 11 is 0. The fraction of sp³-hybridized carbons (Fsp3) is 0.353. The van der Waals surface area contributed by atoms with Crippen LogP contribution < -0.4 is 10.2 Å². The van der Waals surface area contributed by atoms with E-state index in [2.05, 4.69) is 5.32 Å². The Balaban J connectivity index is 1.48. The molecular weight excluding hydrogens is 328 g/mol. The molecule has 0 atom stereocenters. The number of hydrogen-bond acceptors (Lipinski definition) is 6.